The lowest BCUT2D eigenvalue weighted by molar-refractivity contribution is -0.384. The van der Waals surface area contributed by atoms with Crippen molar-refractivity contribution in [1.82, 2.24) is 10.2 Å². The first-order chi connectivity index (χ1) is 9.72. The first-order valence-corrected chi connectivity index (χ1v) is 6.21. The van der Waals surface area contributed by atoms with E-state index in [1.807, 2.05) is 0 Å². The van der Waals surface area contributed by atoms with Crippen molar-refractivity contribution in [3.05, 3.63) is 38.7 Å². The van der Waals surface area contributed by atoms with Crippen LogP contribution in [0.15, 0.2) is 12.1 Å². The number of nitrogens with zero attached hydrogens (tertiary/aromatic N) is 2. The van der Waals surface area contributed by atoms with Crippen molar-refractivity contribution in [2.24, 2.45) is 0 Å². The van der Waals surface area contributed by atoms with Crippen LogP contribution < -0.4 is 5.32 Å². The fraction of sp³-hybridized carbons (Fsp3) is 0.333. The van der Waals surface area contributed by atoms with E-state index in [0.717, 1.165) is 12.1 Å². The average Bonchev–Trinajstić information content (AvgIpc) is 2.39. The summed E-state index contributed by atoms with van der Waals surface area (Å²) < 4.78 is 13.4. The number of likely N-dealkylation sites (N-methyl/N-ethyl adjacent to an activating group) is 1. The summed E-state index contributed by atoms with van der Waals surface area (Å²) in [7, 11) is 1.45. The van der Waals surface area contributed by atoms with E-state index in [1.165, 1.54) is 18.9 Å². The SMILES string of the molecule is CC(=O)N(C)CC(=O)NCc1cc(F)c(Cl)c([N+](=O)[O-])c1. The molecule has 0 unspecified atom stereocenters. The third kappa shape index (κ3) is 4.67. The molecule has 0 aliphatic carbocycles. The van der Waals surface area contributed by atoms with Crippen molar-refractivity contribution in [3.63, 3.8) is 0 Å². The van der Waals surface area contributed by atoms with Gasteiger partial charge in [0, 0.05) is 26.6 Å². The summed E-state index contributed by atoms with van der Waals surface area (Å²) in [5.74, 6) is -1.68. The standard InChI is InChI=1S/C12H13ClFN3O4/c1-7(18)16(2)6-11(19)15-5-8-3-9(14)12(13)10(4-8)17(20)21/h3-4H,5-6H2,1-2H3,(H,15,19). The maximum atomic E-state index is 13.4. The zero-order chi connectivity index (χ0) is 16.2. The Morgan fingerprint density at radius 2 is 2.10 bits per heavy atom. The van der Waals surface area contributed by atoms with Gasteiger partial charge in [0.1, 0.15) is 5.82 Å². The first kappa shape index (κ1) is 16.8. The number of rotatable bonds is 5. The molecule has 1 aromatic rings. The summed E-state index contributed by atoms with van der Waals surface area (Å²) in [4.78, 5) is 33.6. The minimum absolute atomic E-state index is 0.112. The van der Waals surface area contributed by atoms with E-state index in [1.54, 1.807) is 0 Å². The van der Waals surface area contributed by atoms with Gasteiger partial charge in [-0.15, -0.1) is 0 Å². The number of nitro benzene ring substituents is 1. The highest BCUT2D eigenvalue weighted by molar-refractivity contribution is 6.32. The van der Waals surface area contributed by atoms with Gasteiger partial charge >= 0.3 is 0 Å². The summed E-state index contributed by atoms with van der Waals surface area (Å²) in [5.41, 5.74) is -0.371. The molecule has 21 heavy (non-hydrogen) atoms. The molecule has 0 fully saturated rings. The molecule has 2 amide bonds. The molecule has 1 rings (SSSR count). The van der Waals surface area contributed by atoms with Crippen LogP contribution in [0.5, 0.6) is 0 Å². The molecule has 0 saturated heterocycles. The molecule has 0 aromatic heterocycles. The number of amides is 2. The zero-order valence-corrected chi connectivity index (χ0v) is 12.1. The Balaban J connectivity index is 2.74. The Labute approximate surface area is 124 Å². The Kier molecular flexibility index (Phi) is 5.60. The molecule has 0 atom stereocenters. The van der Waals surface area contributed by atoms with E-state index in [9.17, 15) is 24.1 Å². The highest BCUT2D eigenvalue weighted by atomic mass is 35.5. The Hall–Kier alpha value is -2.22. The van der Waals surface area contributed by atoms with Gasteiger partial charge in [-0.05, 0) is 11.6 Å². The second-order valence-electron chi connectivity index (χ2n) is 4.32. The van der Waals surface area contributed by atoms with Gasteiger partial charge in [-0.1, -0.05) is 11.6 Å². The lowest BCUT2D eigenvalue weighted by Crippen LogP contribution is -2.37. The van der Waals surface area contributed by atoms with Crippen LogP contribution in [0.3, 0.4) is 0 Å². The van der Waals surface area contributed by atoms with Crippen LogP contribution in [-0.2, 0) is 16.1 Å². The van der Waals surface area contributed by atoms with Crippen molar-refractivity contribution in [1.29, 1.82) is 0 Å². The third-order valence-corrected chi connectivity index (χ3v) is 3.05. The van der Waals surface area contributed by atoms with Gasteiger partial charge in [0.05, 0.1) is 11.5 Å². The summed E-state index contributed by atoms with van der Waals surface area (Å²) in [6.45, 7) is 1.04. The van der Waals surface area contributed by atoms with Crippen LogP contribution in [0, 0.1) is 15.9 Å². The van der Waals surface area contributed by atoms with Crippen LogP contribution in [0.1, 0.15) is 12.5 Å². The van der Waals surface area contributed by atoms with Gasteiger partial charge in [0.15, 0.2) is 5.02 Å². The van der Waals surface area contributed by atoms with E-state index >= 15 is 0 Å². The van der Waals surface area contributed by atoms with E-state index in [4.69, 9.17) is 11.6 Å². The Morgan fingerprint density at radius 3 is 2.62 bits per heavy atom. The van der Waals surface area contributed by atoms with Gasteiger partial charge in [-0.25, -0.2) is 4.39 Å². The Morgan fingerprint density at radius 1 is 1.48 bits per heavy atom. The van der Waals surface area contributed by atoms with E-state index in [2.05, 4.69) is 5.32 Å². The molecule has 0 saturated carbocycles. The highest BCUT2D eigenvalue weighted by Crippen LogP contribution is 2.28. The fourth-order valence-corrected chi connectivity index (χ4v) is 1.63. The second kappa shape index (κ2) is 6.98. The normalized spacial score (nSPS) is 10.1. The molecular weight excluding hydrogens is 305 g/mol. The van der Waals surface area contributed by atoms with Crippen molar-refractivity contribution in [3.8, 4) is 0 Å². The maximum absolute atomic E-state index is 13.4. The van der Waals surface area contributed by atoms with Gasteiger partial charge in [0.2, 0.25) is 11.8 Å². The van der Waals surface area contributed by atoms with Crippen LogP contribution in [-0.4, -0.2) is 35.2 Å². The minimum Gasteiger partial charge on any atom is -0.350 e. The molecule has 114 valence electrons. The van der Waals surface area contributed by atoms with Crippen LogP contribution >= 0.6 is 11.6 Å². The molecule has 7 nitrogen and oxygen atoms in total. The smallest absolute Gasteiger partial charge is 0.291 e. The molecule has 0 spiro atoms. The molecule has 0 heterocycles. The fourth-order valence-electron chi connectivity index (χ4n) is 1.45. The maximum Gasteiger partial charge on any atom is 0.291 e. The molecule has 0 radical (unpaired) electrons. The second-order valence-corrected chi connectivity index (χ2v) is 4.70. The van der Waals surface area contributed by atoms with Gasteiger partial charge in [-0.2, -0.15) is 0 Å². The lowest BCUT2D eigenvalue weighted by atomic mass is 10.2. The largest absolute Gasteiger partial charge is 0.350 e. The molecule has 0 bridgehead atoms. The van der Waals surface area contributed by atoms with Crippen LogP contribution in [0.4, 0.5) is 10.1 Å². The predicted molar refractivity (Wildman–Crippen MR) is 73.2 cm³/mol. The third-order valence-electron chi connectivity index (χ3n) is 2.67. The van der Waals surface area contributed by atoms with Gasteiger partial charge in [-0.3, -0.25) is 19.7 Å². The van der Waals surface area contributed by atoms with E-state index in [-0.39, 0.29) is 24.6 Å². The van der Waals surface area contributed by atoms with Crippen molar-refractivity contribution >= 4 is 29.1 Å². The lowest BCUT2D eigenvalue weighted by Gasteiger charge is -2.14. The van der Waals surface area contributed by atoms with E-state index in [0.29, 0.717) is 0 Å². The summed E-state index contributed by atoms with van der Waals surface area (Å²) >= 11 is 5.48. The Bertz CT molecular complexity index is 594. The number of nitro groups is 1. The first-order valence-electron chi connectivity index (χ1n) is 5.83. The summed E-state index contributed by atoms with van der Waals surface area (Å²) in [5, 5.41) is 12.6. The van der Waals surface area contributed by atoms with Crippen molar-refractivity contribution in [2.75, 3.05) is 13.6 Å². The summed E-state index contributed by atoms with van der Waals surface area (Å²) in [6.07, 6.45) is 0. The number of carbonyl (C=O) groups is 2. The average molecular weight is 318 g/mol. The predicted octanol–water partition coefficient (Wildman–Crippen LogP) is 1.48. The number of halogens is 2. The molecule has 0 aliphatic heterocycles. The van der Waals surface area contributed by atoms with Crippen molar-refractivity contribution < 1.29 is 18.9 Å². The molecule has 1 N–H and O–H groups in total. The topological polar surface area (TPSA) is 92.6 Å². The highest BCUT2D eigenvalue weighted by Gasteiger charge is 2.18. The number of hydrogen-bond acceptors (Lipinski definition) is 4. The molecular formula is C12H13ClFN3O4. The molecule has 9 heteroatoms. The zero-order valence-electron chi connectivity index (χ0n) is 11.4. The van der Waals surface area contributed by atoms with E-state index < -0.39 is 27.4 Å². The molecule has 1 aromatic carbocycles. The van der Waals surface area contributed by atoms with Crippen LogP contribution in [0.25, 0.3) is 0 Å². The van der Waals surface area contributed by atoms with Crippen LogP contribution in [0.2, 0.25) is 5.02 Å². The van der Waals surface area contributed by atoms with Gasteiger partial charge < -0.3 is 10.2 Å². The van der Waals surface area contributed by atoms with Gasteiger partial charge in [0.25, 0.3) is 5.69 Å². The minimum atomic E-state index is -0.934. The number of carbonyl (C=O) groups excluding carboxylic acids is 2. The monoisotopic (exact) mass is 317 g/mol. The molecule has 0 aliphatic rings. The number of hydrogen-bond donors (Lipinski definition) is 1. The number of nitrogens with one attached hydrogen (secondary N) is 1. The van der Waals surface area contributed by atoms with Crippen molar-refractivity contribution in [2.45, 2.75) is 13.5 Å². The summed E-state index contributed by atoms with van der Waals surface area (Å²) in [6, 6.07) is 2.09. The quantitative estimate of drug-likeness (QED) is 0.657. The number of benzene rings is 1.